The van der Waals surface area contributed by atoms with Crippen LogP contribution in [-0.4, -0.2) is 0 Å². The molecule has 0 fully saturated rings. The molecular formula is C18H18NaP2+. The molecule has 0 saturated heterocycles. The fourth-order valence-corrected chi connectivity index (χ4v) is 6.81. The fraction of sp³-hybridized carbons (Fsp3) is 0. The van der Waals surface area contributed by atoms with E-state index < -0.39 is 6.95 Å². The zero-order chi connectivity index (χ0) is 13.8. The molecule has 0 saturated carbocycles. The summed E-state index contributed by atoms with van der Waals surface area (Å²) in [7, 11) is 3.17. The number of hydrogen-bond acceptors (Lipinski definition) is 0. The third-order valence-electron chi connectivity index (χ3n) is 3.49. The van der Waals surface area contributed by atoms with Crippen molar-refractivity contribution in [3.05, 3.63) is 91.0 Å². The topological polar surface area (TPSA) is 0 Å². The van der Waals surface area contributed by atoms with Crippen LogP contribution in [0.5, 0.6) is 0 Å². The van der Waals surface area contributed by atoms with Crippen molar-refractivity contribution in [2.75, 3.05) is 0 Å². The average Bonchev–Trinajstić information content (AvgIpc) is 2.56. The molecule has 0 heterocycles. The van der Waals surface area contributed by atoms with E-state index in [0.717, 1.165) is 0 Å². The largest absolute Gasteiger partial charge is 1.00 e. The van der Waals surface area contributed by atoms with Crippen LogP contribution < -0.4 is 45.5 Å². The van der Waals surface area contributed by atoms with Crippen LogP contribution >= 0.6 is 15.9 Å². The summed E-state index contributed by atoms with van der Waals surface area (Å²) in [6.07, 6.45) is 0. The van der Waals surface area contributed by atoms with Gasteiger partial charge in [0.15, 0.2) is 0 Å². The summed E-state index contributed by atoms with van der Waals surface area (Å²) in [4.78, 5) is 0. The smallest absolute Gasteiger partial charge is 1.00 e. The second-order valence-electron chi connectivity index (χ2n) is 4.73. The molecule has 1 atom stereocenters. The molecule has 0 N–H and O–H groups in total. The Kier molecular flexibility index (Phi) is 6.18. The van der Waals surface area contributed by atoms with Gasteiger partial charge in [-0.15, -0.1) is 0 Å². The SMILES string of the molecule is P[P+](c1ccccc1)(c1ccccc1)c1ccccc1.[H-].[Na+]. The third-order valence-corrected chi connectivity index (χ3v) is 9.51. The van der Waals surface area contributed by atoms with Crippen molar-refractivity contribution in [1.82, 2.24) is 0 Å². The van der Waals surface area contributed by atoms with Crippen LogP contribution in [0.3, 0.4) is 0 Å². The van der Waals surface area contributed by atoms with Gasteiger partial charge in [-0.2, -0.15) is 0 Å². The van der Waals surface area contributed by atoms with Crippen molar-refractivity contribution in [3.8, 4) is 0 Å². The van der Waals surface area contributed by atoms with Crippen molar-refractivity contribution in [2.24, 2.45) is 0 Å². The Bertz CT molecular complexity index is 579. The van der Waals surface area contributed by atoms with Crippen molar-refractivity contribution >= 4 is 31.8 Å². The Morgan fingerprint density at radius 3 is 1.00 bits per heavy atom. The molecule has 0 spiro atoms. The zero-order valence-corrected chi connectivity index (χ0v) is 16.2. The van der Waals surface area contributed by atoms with Crippen LogP contribution in [0.4, 0.5) is 0 Å². The summed E-state index contributed by atoms with van der Waals surface area (Å²) < 4.78 is 0. The van der Waals surface area contributed by atoms with Crippen molar-refractivity contribution in [2.45, 2.75) is 0 Å². The van der Waals surface area contributed by atoms with E-state index in [9.17, 15) is 0 Å². The molecule has 100 valence electrons. The van der Waals surface area contributed by atoms with Gasteiger partial charge in [-0.05, 0) is 36.4 Å². The molecule has 21 heavy (non-hydrogen) atoms. The third kappa shape index (κ3) is 3.48. The quantitative estimate of drug-likeness (QED) is 0.497. The Hall–Kier alpha value is -0.480. The van der Waals surface area contributed by atoms with Crippen LogP contribution in [0.15, 0.2) is 91.0 Å². The molecule has 3 rings (SSSR count). The molecule has 0 nitrogen and oxygen atoms in total. The van der Waals surface area contributed by atoms with Crippen LogP contribution in [-0.2, 0) is 0 Å². The fourth-order valence-electron chi connectivity index (χ4n) is 2.44. The number of hydrogen-bond donors (Lipinski definition) is 0. The number of benzene rings is 3. The molecule has 3 heteroatoms. The van der Waals surface area contributed by atoms with Crippen LogP contribution in [0.1, 0.15) is 1.43 Å². The van der Waals surface area contributed by atoms with Gasteiger partial charge in [0.05, 0.1) is 0 Å². The van der Waals surface area contributed by atoms with Gasteiger partial charge < -0.3 is 1.43 Å². The number of rotatable bonds is 3. The molecule has 0 amide bonds. The Morgan fingerprint density at radius 2 is 0.762 bits per heavy atom. The van der Waals surface area contributed by atoms with Gasteiger partial charge in [-0.1, -0.05) is 54.6 Å². The second kappa shape index (κ2) is 7.68. The molecule has 1 unspecified atom stereocenters. The van der Waals surface area contributed by atoms with E-state index in [1.54, 1.807) is 0 Å². The van der Waals surface area contributed by atoms with Crippen molar-refractivity contribution in [1.29, 1.82) is 0 Å². The molecular weight excluding hydrogens is 301 g/mol. The summed E-state index contributed by atoms with van der Waals surface area (Å²) >= 11 is 0. The minimum absolute atomic E-state index is 0. The van der Waals surface area contributed by atoms with E-state index in [4.69, 9.17) is 0 Å². The molecule has 0 radical (unpaired) electrons. The van der Waals surface area contributed by atoms with Gasteiger partial charge >= 0.3 is 29.6 Å². The molecule has 0 aliphatic rings. The van der Waals surface area contributed by atoms with Gasteiger partial charge in [0, 0.05) is 8.93 Å². The molecule has 0 aliphatic heterocycles. The Labute approximate surface area is 153 Å². The maximum Gasteiger partial charge on any atom is 1.00 e. The van der Waals surface area contributed by atoms with Crippen LogP contribution in [0, 0.1) is 0 Å². The maximum absolute atomic E-state index is 3.17. The minimum atomic E-state index is -1.61. The van der Waals surface area contributed by atoms with Gasteiger partial charge in [0.1, 0.15) is 22.9 Å². The molecule has 3 aromatic carbocycles. The second-order valence-corrected chi connectivity index (χ2v) is 10.0. The normalized spacial score (nSPS) is 10.7. The first-order valence-electron chi connectivity index (χ1n) is 6.66. The Balaban J connectivity index is 0.00000121. The molecule has 0 aliphatic carbocycles. The maximum atomic E-state index is 3.17. The first-order chi connectivity index (χ1) is 9.82. The monoisotopic (exact) mass is 319 g/mol. The summed E-state index contributed by atoms with van der Waals surface area (Å²) in [6, 6.07) is 32.4. The molecule has 0 bridgehead atoms. The first kappa shape index (κ1) is 16.9. The van der Waals surface area contributed by atoms with Gasteiger partial charge in [-0.25, -0.2) is 0 Å². The summed E-state index contributed by atoms with van der Waals surface area (Å²) in [5.41, 5.74) is 0. The Morgan fingerprint density at radius 1 is 0.524 bits per heavy atom. The van der Waals surface area contributed by atoms with Crippen LogP contribution in [0.2, 0.25) is 0 Å². The van der Waals surface area contributed by atoms with Gasteiger partial charge in [-0.3, -0.25) is 0 Å². The van der Waals surface area contributed by atoms with E-state index in [0.29, 0.717) is 0 Å². The van der Waals surface area contributed by atoms with E-state index in [1.165, 1.54) is 15.9 Å². The minimum Gasteiger partial charge on any atom is -1.00 e. The standard InChI is InChI=1S/C18H17P2.Na.H/c19-20(16-10-4-1-5-11-16,17-12-6-2-7-13-17)18-14-8-3-9-15-18;;/h1-15H,19H2;;/q2*+1;-1. The van der Waals surface area contributed by atoms with Crippen molar-refractivity contribution in [3.63, 3.8) is 0 Å². The van der Waals surface area contributed by atoms with Gasteiger partial charge in [0.25, 0.3) is 0 Å². The summed E-state index contributed by atoms with van der Waals surface area (Å²) in [6.45, 7) is -1.61. The van der Waals surface area contributed by atoms with E-state index >= 15 is 0 Å². The van der Waals surface area contributed by atoms with Gasteiger partial charge in [0.2, 0.25) is 0 Å². The summed E-state index contributed by atoms with van der Waals surface area (Å²) in [5.74, 6) is 0. The van der Waals surface area contributed by atoms with E-state index in [2.05, 4.69) is 99.9 Å². The predicted molar refractivity (Wildman–Crippen MR) is 96.0 cm³/mol. The molecule has 0 aromatic heterocycles. The van der Waals surface area contributed by atoms with Crippen LogP contribution in [0.25, 0.3) is 0 Å². The van der Waals surface area contributed by atoms with E-state index in [1.807, 2.05) is 0 Å². The van der Waals surface area contributed by atoms with E-state index in [-0.39, 0.29) is 31.0 Å². The van der Waals surface area contributed by atoms with Crippen molar-refractivity contribution < 1.29 is 31.0 Å². The predicted octanol–water partition coefficient (Wildman–Crippen LogP) is 0.887. The molecule has 3 aromatic rings. The summed E-state index contributed by atoms with van der Waals surface area (Å²) in [5, 5.41) is 4.17. The first-order valence-corrected chi connectivity index (χ1v) is 10.1. The average molecular weight is 319 g/mol. The zero-order valence-electron chi connectivity index (χ0n) is 13.2.